The molecule has 0 bridgehead atoms. The van der Waals surface area contributed by atoms with Gasteiger partial charge in [-0.3, -0.25) is 4.90 Å². The van der Waals surface area contributed by atoms with Crippen molar-refractivity contribution in [1.82, 2.24) is 15.1 Å². The van der Waals surface area contributed by atoms with E-state index >= 15 is 0 Å². The molecule has 0 aliphatic carbocycles. The number of nitrogens with zero attached hydrogens (tertiary/aromatic N) is 2. The summed E-state index contributed by atoms with van der Waals surface area (Å²) < 4.78 is 19.7. The third-order valence-electron chi connectivity index (χ3n) is 4.26. The summed E-state index contributed by atoms with van der Waals surface area (Å²) in [6.45, 7) is 11.7. The van der Waals surface area contributed by atoms with E-state index < -0.39 is 5.60 Å². The van der Waals surface area contributed by atoms with Crippen LogP contribution in [0.1, 0.15) is 39.3 Å². The van der Waals surface area contributed by atoms with E-state index in [1.807, 2.05) is 39.8 Å². The average molecular weight is 351 g/mol. The summed E-state index contributed by atoms with van der Waals surface area (Å²) in [5.74, 6) is -0.181. The van der Waals surface area contributed by atoms with Crippen molar-refractivity contribution in [2.45, 2.75) is 39.3 Å². The van der Waals surface area contributed by atoms with Crippen molar-refractivity contribution < 1.29 is 13.9 Å². The van der Waals surface area contributed by atoms with Gasteiger partial charge in [0.05, 0.1) is 6.04 Å². The maximum Gasteiger partial charge on any atom is 0.410 e. The van der Waals surface area contributed by atoms with Gasteiger partial charge in [-0.1, -0.05) is 25.1 Å². The number of piperazine rings is 1. The van der Waals surface area contributed by atoms with Crippen LogP contribution in [0.4, 0.5) is 9.18 Å². The van der Waals surface area contributed by atoms with Crippen molar-refractivity contribution in [3.05, 3.63) is 35.6 Å². The van der Waals surface area contributed by atoms with Crippen LogP contribution in [0.3, 0.4) is 0 Å². The van der Waals surface area contributed by atoms with Gasteiger partial charge in [-0.05, 0) is 33.4 Å². The first-order valence-electron chi connectivity index (χ1n) is 8.99. The number of ether oxygens (including phenoxy) is 1. The Morgan fingerprint density at radius 2 is 1.88 bits per heavy atom. The summed E-state index contributed by atoms with van der Waals surface area (Å²) in [5.41, 5.74) is 0.212. The molecule has 6 heteroatoms. The zero-order chi connectivity index (χ0) is 18.4. The third kappa shape index (κ3) is 5.68. The van der Waals surface area contributed by atoms with Gasteiger partial charge in [0.1, 0.15) is 11.4 Å². The number of carbonyl (C=O) groups is 1. The number of hydrogen-bond acceptors (Lipinski definition) is 4. The van der Waals surface area contributed by atoms with Gasteiger partial charge in [0.2, 0.25) is 0 Å². The molecule has 1 aliphatic heterocycles. The van der Waals surface area contributed by atoms with Gasteiger partial charge in [-0.15, -0.1) is 0 Å². The van der Waals surface area contributed by atoms with Gasteiger partial charge in [-0.2, -0.15) is 0 Å². The van der Waals surface area contributed by atoms with Crippen LogP contribution in [0.2, 0.25) is 0 Å². The zero-order valence-corrected chi connectivity index (χ0v) is 15.7. The highest BCUT2D eigenvalue weighted by atomic mass is 19.1. The molecule has 1 saturated heterocycles. The molecule has 0 saturated carbocycles. The fraction of sp³-hybridized carbons (Fsp3) is 0.632. The monoisotopic (exact) mass is 351 g/mol. The van der Waals surface area contributed by atoms with Gasteiger partial charge in [0.15, 0.2) is 0 Å². The maximum absolute atomic E-state index is 14.3. The number of likely N-dealkylation sites (N-methyl/N-ethyl adjacent to an activating group) is 1. The normalized spacial score (nSPS) is 17.4. The minimum Gasteiger partial charge on any atom is -0.444 e. The van der Waals surface area contributed by atoms with E-state index in [4.69, 9.17) is 4.74 Å². The fourth-order valence-corrected chi connectivity index (χ4v) is 3.00. The number of benzene rings is 1. The second-order valence-corrected chi connectivity index (χ2v) is 7.35. The summed E-state index contributed by atoms with van der Waals surface area (Å²) >= 11 is 0. The highest BCUT2D eigenvalue weighted by molar-refractivity contribution is 5.68. The molecule has 1 unspecified atom stereocenters. The number of nitrogens with one attached hydrogen (secondary N) is 1. The van der Waals surface area contributed by atoms with E-state index in [0.29, 0.717) is 38.3 Å². The second-order valence-electron chi connectivity index (χ2n) is 7.35. The summed E-state index contributed by atoms with van der Waals surface area (Å²) in [6.07, 6.45) is -0.277. The third-order valence-corrected chi connectivity index (χ3v) is 4.26. The summed E-state index contributed by atoms with van der Waals surface area (Å²) in [4.78, 5) is 16.2. The number of rotatable bonds is 5. The second kappa shape index (κ2) is 8.63. The van der Waals surface area contributed by atoms with E-state index in [2.05, 4.69) is 10.2 Å². The molecule has 0 spiro atoms. The summed E-state index contributed by atoms with van der Waals surface area (Å²) in [7, 11) is 0. The standard InChI is InChI=1S/C19H30FN3O2/c1-5-21-14-17(15-8-6-7-9-16(15)20)22-10-12-23(13-11-22)18(24)25-19(2,3)4/h6-9,17,21H,5,10-14H2,1-4H3. The maximum atomic E-state index is 14.3. The number of hydrogen-bond donors (Lipinski definition) is 1. The molecule has 0 radical (unpaired) electrons. The Hall–Kier alpha value is -1.66. The first-order valence-corrected chi connectivity index (χ1v) is 8.99. The molecule has 1 atom stereocenters. The van der Waals surface area contributed by atoms with Gasteiger partial charge in [0, 0.05) is 38.3 Å². The van der Waals surface area contributed by atoms with Crippen molar-refractivity contribution in [3.8, 4) is 0 Å². The molecular weight excluding hydrogens is 321 g/mol. The molecular formula is C19H30FN3O2. The van der Waals surface area contributed by atoms with E-state index in [1.165, 1.54) is 6.07 Å². The van der Waals surface area contributed by atoms with Crippen LogP contribution in [-0.2, 0) is 4.74 Å². The van der Waals surface area contributed by atoms with E-state index in [-0.39, 0.29) is 18.0 Å². The smallest absolute Gasteiger partial charge is 0.410 e. The molecule has 1 heterocycles. The molecule has 5 nitrogen and oxygen atoms in total. The molecule has 1 amide bonds. The Morgan fingerprint density at radius 1 is 1.24 bits per heavy atom. The molecule has 1 aromatic carbocycles. The lowest BCUT2D eigenvalue weighted by atomic mass is 10.0. The molecule has 1 aliphatic rings. The van der Waals surface area contributed by atoms with Crippen LogP contribution < -0.4 is 5.32 Å². The largest absolute Gasteiger partial charge is 0.444 e. The predicted molar refractivity (Wildman–Crippen MR) is 97.1 cm³/mol. The Bertz CT molecular complexity index is 566. The van der Waals surface area contributed by atoms with E-state index in [9.17, 15) is 9.18 Å². The van der Waals surface area contributed by atoms with E-state index in [0.717, 1.165) is 6.54 Å². The van der Waals surface area contributed by atoms with Crippen LogP contribution in [-0.4, -0.2) is 60.8 Å². The minimum absolute atomic E-state index is 0.0399. The van der Waals surface area contributed by atoms with Crippen molar-refractivity contribution in [1.29, 1.82) is 0 Å². The van der Waals surface area contributed by atoms with Gasteiger partial charge in [0.25, 0.3) is 0 Å². The van der Waals surface area contributed by atoms with Crippen LogP contribution in [0.5, 0.6) is 0 Å². The first-order chi connectivity index (χ1) is 11.8. The lowest BCUT2D eigenvalue weighted by Crippen LogP contribution is -2.52. The highest BCUT2D eigenvalue weighted by Crippen LogP contribution is 2.24. The molecule has 1 fully saturated rings. The summed E-state index contributed by atoms with van der Waals surface area (Å²) in [6, 6.07) is 6.89. The van der Waals surface area contributed by atoms with Crippen molar-refractivity contribution in [2.24, 2.45) is 0 Å². The zero-order valence-electron chi connectivity index (χ0n) is 15.7. The molecule has 0 aromatic heterocycles. The predicted octanol–water partition coefficient (Wildman–Crippen LogP) is 3.03. The number of halogens is 1. The Morgan fingerprint density at radius 3 is 2.44 bits per heavy atom. The Labute approximate surface area is 150 Å². The number of carbonyl (C=O) groups excluding carboxylic acids is 1. The lowest BCUT2D eigenvalue weighted by molar-refractivity contribution is 0.0100. The van der Waals surface area contributed by atoms with E-state index in [1.54, 1.807) is 11.0 Å². The van der Waals surface area contributed by atoms with Crippen molar-refractivity contribution in [2.75, 3.05) is 39.3 Å². The number of amides is 1. The summed E-state index contributed by atoms with van der Waals surface area (Å²) in [5, 5.41) is 3.32. The van der Waals surface area contributed by atoms with Gasteiger partial charge < -0.3 is 15.0 Å². The highest BCUT2D eigenvalue weighted by Gasteiger charge is 2.30. The first kappa shape index (κ1) is 19.7. The molecule has 2 rings (SSSR count). The molecule has 1 N–H and O–H groups in total. The molecule has 1 aromatic rings. The van der Waals surface area contributed by atoms with Crippen LogP contribution in [0.15, 0.2) is 24.3 Å². The average Bonchev–Trinajstić information content (AvgIpc) is 2.55. The van der Waals surface area contributed by atoms with Crippen LogP contribution in [0, 0.1) is 5.82 Å². The molecule has 25 heavy (non-hydrogen) atoms. The molecule has 140 valence electrons. The van der Waals surface area contributed by atoms with Crippen molar-refractivity contribution in [3.63, 3.8) is 0 Å². The quantitative estimate of drug-likeness (QED) is 0.886. The van der Waals surface area contributed by atoms with Crippen LogP contribution >= 0.6 is 0 Å². The minimum atomic E-state index is -0.491. The fourth-order valence-electron chi connectivity index (χ4n) is 3.00. The van der Waals surface area contributed by atoms with Gasteiger partial charge in [-0.25, -0.2) is 9.18 Å². The SMILES string of the molecule is CCNCC(c1ccccc1F)N1CCN(C(=O)OC(C)(C)C)CC1. The Kier molecular flexibility index (Phi) is 6.79. The Balaban J connectivity index is 2.02. The van der Waals surface area contributed by atoms with Crippen LogP contribution in [0.25, 0.3) is 0 Å². The topological polar surface area (TPSA) is 44.8 Å². The van der Waals surface area contributed by atoms with Gasteiger partial charge >= 0.3 is 6.09 Å². The lowest BCUT2D eigenvalue weighted by Gasteiger charge is -2.40. The van der Waals surface area contributed by atoms with Crippen molar-refractivity contribution >= 4 is 6.09 Å².